The number of hydrogen-bond donors (Lipinski definition) is 1. The number of aromatic nitrogens is 1. The Morgan fingerprint density at radius 3 is 2.32 bits per heavy atom. The molecular formula is C21H24N2O4S. The standard InChI is InChI=1S/C21H24N2O4S/c1-24-15-6-8-18(25-2)16(12-15)17-13-28-21(23-17)22-10-9-14-5-7-19(26-3)20(11-14)27-4/h5-8,11-13H,9-10H2,1-4H3,(H,22,23). The van der Waals surface area contributed by atoms with E-state index in [9.17, 15) is 0 Å². The van der Waals surface area contributed by atoms with E-state index in [-0.39, 0.29) is 0 Å². The summed E-state index contributed by atoms with van der Waals surface area (Å²) in [6.07, 6.45) is 0.845. The predicted molar refractivity (Wildman–Crippen MR) is 112 cm³/mol. The van der Waals surface area contributed by atoms with Gasteiger partial charge in [-0.2, -0.15) is 0 Å². The van der Waals surface area contributed by atoms with Gasteiger partial charge in [-0.25, -0.2) is 4.98 Å². The number of methoxy groups -OCH3 is 4. The first kappa shape index (κ1) is 19.8. The first-order chi connectivity index (χ1) is 13.7. The van der Waals surface area contributed by atoms with E-state index in [1.807, 2.05) is 41.8 Å². The van der Waals surface area contributed by atoms with Crippen LogP contribution in [0.3, 0.4) is 0 Å². The van der Waals surface area contributed by atoms with E-state index >= 15 is 0 Å². The van der Waals surface area contributed by atoms with Crippen LogP contribution in [0.5, 0.6) is 23.0 Å². The third-order valence-corrected chi connectivity index (χ3v) is 5.12. The summed E-state index contributed by atoms with van der Waals surface area (Å²) < 4.78 is 21.4. The van der Waals surface area contributed by atoms with E-state index < -0.39 is 0 Å². The van der Waals surface area contributed by atoms with Gasteiger partial charge in [0, 0.05) is 17.5 Å². The lowest BCUT2D eigenvalue weighted by Gasteiger charge is -2.10. The minimum absolute atomic E-state index is 0.732. The molecule has 7 heteroatoms. The number of hydrogen-bond acceptors (Lipinski definition) is 7. The Hall–Kier alpha value is -2.93. The largest absolute Gasteiger partial charge is 0.497 e. The Labute approximate surface area is 169 Å². The van der Waals surface area contributed by atoms with Crippen molar-refractivity contribution >= 4 is 16.5 Å². The molecule has 0 saturated carbocycles. The third-order valence-electron chi connectivity index (χ3n) is 4.32. The number of nitrogens with zero attached hydrogens (tertiary/aromatic N) is 1. The maximum absolute atomic E-state index is 5.45. The molecule has 0 aliphatic carbocycles. The predicted octanol–water partition coefficient (Wildman–Crippen LogP) is 4.50. The molecular weight excluding hydrogens is 376 g/mol. The van der Waals surface area contributed by atoms with Gasteiger partial charge < -0.3 is 24.3 Å². The van der Waals surface area contributed by atoms with Crippen molar-refractivity contribution in [2.45, 2.75) is 6.42 Å². The van der Waals surface area contributed by atoms with Crippen molar-refractivity contribution in [3.8, 4) is 34.3 Å². The topological polar surface area (TPSA) is 61.8 Å². The highest BCUT2D eigenvalue weighted by Gasteiger charge is 2.12. The lowest BCUT2D eigenvalue weighted by molar-refractivity contribution is 0.354. The average Bonchev–Trinajstić information content (AvgIpc) is 3.21. The molecule has 1 N–H and O–H groups in total. The van der Waals surface area contributed by atoms with Crippen molar-refractivity contribution in [2.75, 3.05) is 40.3 Å². The maximum atomic E-state index is 5.45. The summed E-state index contributed by atoms with van der Waals surface area (Å²) in [5.74, 6) is 3.01. The fraction of sp³-hybridized carbons (Fsp3) is 0.286. The Bertz CT molecular complexity index is 927. The number of rotatable bonds is 9. The summed E-state index contributed by atoms with van der Waals surface area (Å²) in [6, 6.07) is 11.6. The van der Waals surface area contributed by atoms with Crippen LogP contribution in [-0.4, -0.2) is 40.0 Å². The first-order valence-electron chi connectivity index (χ1n) is 8.81. The van der Waals surface area contributed by atoms with Crippen LogP contribution in [0.25, 0.3) is 11.3 Å². The van der Waals surface area contributed by atoms with E-state index in [2.05, 4.69) is 10.3 Å². The van der Waals surface area contributed by atoms with E-state index in [1.54, 1.807) is 39.8 Å². The monoisotopic (exact) mass is 400 g/mol. The second kappa shape index (κ2) is 9.32. The zero-order chi connectivity index (χ0) is 19.9. The molecule has 0 bridgehead atoms. The van der Waals surface area contributed by atoms with Crippen molar-refractivity contribution in [2.24, 2.45) is 0 Å². The van der Waals surface area contributed by atoms with Gasteiger partial charge >= 0.3 is 0 Å². The zero-order valence-electron chi connectivity index (χ0n) is 16.4. The average molecular weight is 401 g/mol. The van der Waals surface area contributed by atoms with Crippen LogP contribution in [0.2, 0.25) is 0 Å². The molecule has 0 fully saturated rings. The van der Waals surface area contributed by atoms with Crippen LogP contribution < -0.4 is 24.3 Å². The van der Waals surface area contributed by atoms with Crippen molar-refractivity contribution in [1.29, 1.82) is 0 Å². The smallest absolute Gasteiger partial charge is 0.183 e. The van der Waals surface area contributed by atoms with Crippen LogP contribution >= 0.6 is 11.3 Å². The van der Waals surface area contributed by atoms with Crippen LogP contribution in [0, 0.1) is 0 Å². The SMILES string of the molecule is COc1ccc(OC)c(-c2csc(NCCc3ccc(OC)c(OC)c3)n2)c1. The van der Waals surface area contributed by atoms with Crippen molar-refractivity contribution in [3.63, 3.8) is 0 Å². The Morgan fingerprint density at radius 2 is 1.61 bits per heavy atom. The maximum Gasteiger partial charge on any atom is 0.183 e. The molecule has 1 heterocycles. The second-order valence-electron chi connectivity index (χ2n) is 5.97. The third kappa shape index (κ3) is 4.48. The minimum atomic E-state index is 0.732. The summed E-state index contributed by atoms with van der Waals surface area (Å²) >= 11 is 1.56. The van der Waals surface area contributed by atoms with Gasteiger partial charge in [-0.05, 0) is 42.3 Å². The fourth-order valence-corrected chi connectivity index (χ4v) is 3.58. The molecule has 0 radical (unpaired) electrons. The van der Waals surface area contributed by atoms with Crippen LogP contribution in [-0.2, 0) is 6.42 Å². The van der Waals surface area contributed by atoms with Gasteiger partial charge in [-0.15, -0.1) is 11.3 Å². The van der Waals surface area contributed by atoms with Crippen LogP contribution in [0.15, 0.2) is 41.8 Å². The quantitative estimate of drug-likeness (QED) is 0.571. The van der Waals surface area contributed by atoms with Gasteiger partial charge in [-0.1, -0.05) is 6.07 Å². The number of anilines is 1. The first-order valence-corrected chi connectivity index (χ1v) is 9.69. The minimum Gasteiger partial charge on any atom is -0.497 e. The van der Waals surface area contributed by atoms with Gasteiger partial charge in [0.25, 0.3) is 0 Å². The molecule has 6 nitrogen and oxygen atoms in total. The molecule has 0 unspecified atom stereocenters. The highest BCUT2D eigenvalue weighted by Crippen LogP contribution is 2.35. The van der Waals surface area contributed by atoms with Crippen LogP contribution in [0.1, 0.15) is 5.56 Å². The number of benzene rings is 2. The molecule has 28 heavy (non-hydrogen) atoms. The molecule has 0 atom stereocenters. The Morgan fingerprint density at radius 1 is 0.857 bits per heavy atom. The highest BCUT2D eigenvalue weighted by molar-refractivity contribution is 7.14. The molecule has 2 aromatic carbocycles. The van der Waals surface area contributed by atoms with Crippen molar-refractivity contribution < 1.29 is 18.9 Å². The molecule has 0 aliphatic rings. The number of ether oxygens (including phenoxy) is 4. The van der Waals surface area contributed by atoms with Crippen molar-refractivity contribution in [3.05, 3.63) is 47.3 Å². The molecule has 148 valence electrons. The van der Waals surface area contributed by atoms with E-state index in [4.69, 9.17) is 18.9 Å². The lowest BCUT2D eigenvalue weighted by Crippen LogP contribution is -2.05. The molecule has 0 spiro atoms. The van der Waals surface area contributed by atoms with E-state index in [0.29, 0.717) is 0 Å². The number of thiazole rings is 1. The molecule has 0 amide bonds. The fourth-order valence-electron chi connectivity index (χ4n) is 2.84. The summed E-state index contributed by atoms with van der Waals surface area (Å²) in [7, 11) is 6.58. The molecule has 3 aromatic rings. The van der Waals surface area contributed by atoms with Gasteiger partial charge in [0.2, 0.25) is 0 Å². The van der Waals surface area contributed by atoms with Gasteiger partial charge in [0.15, 0.2) is 16.6 Å². The van der Waals surface area contributed by atoms with Crippen molar-refractivity contribution in [1.82, 2.24) is 4.98 Å². The van der Waals surface area contributed by atoms with Gasteiger partial charge in [-0.3, -0.25) is 0 Å². The summed E-state index contributed by atoms with van der Waals surface area (Å²) in [5, 5.41) is 6.25. The molecule has 0 saturated heterocycles. The molecule has 3 rings (SSSR count). The van der Waals surface area contributed by atoms with E-state index in [0.717, 1.165) is 57.9 Å². The summed E-state index contributed by atoms with van der Waals surface area (Å²) in [6.45, 7) is 0.762. The normalized spacial score (nSPS) is 10.4. The lowest BCUT2D eigenvalue weighted by atomic mass is 10.1. The highest BCUT2D eigenvalue weighted by atomic mass is 32.1. The Kier molecular flexibility index (Phi) is 6.60. The second-order valence-corrected chi connectivity index (χ2v) is 6.83. The Balaban J connectivity index is 1.66. The summed E-state index contributed by atoms with van der Waals surface area (Å²) in [4.78, 5) is 4.68. The van der Waals surface area contributed by atoms with E-state index in [1.165, 1.54) is 0 Å². The van der Waals surface area contributed by atoms with Crippen LogP contribution in [0.4, 0.5) is 5.13 Å². The van der Waals surface area contributed by atoms with Gasteiger partial charge in [0.05, 0.1) is 34.1 Å². The van der Waals surface area contributed by atoms with Gasteiger partial charge in [0.1, 0.15) is 11.5 Å². The zero-order valence-corrected chi connectivity index (χ0v) is 17.3. The molecule has 1 aromatic heterocycles. The summed E-state index contributed by atoms with van der Waals surface area (Å²) in [5.41, 5.74) is 2.93. The number of nitrogens with one attached hydrogen (secondary N) is 1. The molecule has 0 aliphatic heterocycles.